The summed E-state index contributed by atoms with van der Waals surface area (Å²) in [6.07, 6.45) is 7.45. The summed E-state index contributed by atoms with van der Waals surface area (Å²) in [5, 5.41) is 13.1. The van der Waals surface area contributed by atoms with Gasteiger partial charge >= 0.3 is 0 Å². The molecule has 2 unspecified atom stereocenters. The second-order valence-corrected chi connectivity index (χ2v) is 7.18. The summed E-state index contributed by atoms with van der Waals surface area (Å²) in [4.78, 5) is 2.68. The van der Waals surface area contributed by atoms with Crippen LogP contribution in [-0.2, 0) is 0 Å². The van der Waals surface area contributed by atoms with Crippen molar-refractivity contribution >= 4 is 0 Å². The number of likely N-dealkylation sites (tertiary alicyclic amines) is 1. The molecule has 2 rings (SSSR count). The summed E-state index contributed by atoms with van der Waals surface area (Å²) < 4.78 is 0. The number of hydrogen-bond acceptors (Lipinski definition) is 3. The second-order valence-electron chi connectivity index (χ2n) is 7.18. The highest BCUT2D eigenvalue weighted by Crippen LogP contribution is 2.36. The average Bonchev–Trinajstić information content (AvgIpc) is 2.37. The number of aliphatic hydroxyl groups is 1. The average molecular weight is 254 g/mol. The summed E-state index contributed by atoms with van der Waals surface area (Å²) in [6, 6.07) is 0.665. The van der Waals surface area contributed by atoms with Crippen molar-refractivity contribution in [2.45, 2.75) is 64.0 Å². The third-order valence-electron chi connectivity index (χ3n) is 5.10. The summed E-state index contributed by atoms with van der Waals surface area (Å²) in [7, 11) is 2.00. The third-order valence-corrected chi connectivity index (χ3v) is 5.10. The van der Waals surface area contributed by atoms with Crippen LogP contribution >= 0.6 is 0 Å². The van der Waals surface area contributed by atoms with Gasteiger partial charge in [-0.25, -0.2) is 0 Å². The van der Waals surface area contributed by atoms with E-state index in [1.165, 1.54) is 38.8 Å². The molecule has 0 radical (unpaired) electrons. The zero-order valence-electron chi connectivity index (χ0n) is 12.3. The highest BCUT2D eigenvalue weighted by atomic mass is 16.3. The number of likely N-dealkylation sites (N-methyl/N-ethyl adjacent to an activating group) is 1. The smallest absolute Gasteiger partial charge is 0.0613 e. The topological polar surface area (TPSA) is 35.5 Å². The summed E-state index contributed by atoms with van der Waals surface area (Å²) in [5.74, 6) is 0. The van der Waals surface area contributed by atoms with Gasteiger partial charge in [-0.15, -0.1) is 0 Å². The molecule has 3 nitrogen and oxygen atoms in total. The molecule has 0 spiro atoms. The Morgan fingerprint density at radius 2 is 2.06 bits per heavy atom. The molecule has 1 aliphatic heterocycles. The predicted molar refractivity (Wildman–Crippen MR) is 75.7 cm³/mol. The maximum absolute atomic E-state index is 9.68. The molecule has 2 atom stereocenters. The minimum atomic E-state index is -0.0233. The van der Waals surface area contributed by atoms with Gasteiger partial charge in [0.1, 0.15) is 0 Å². The van der Waals surface area contributed by atoms with E-state index in [1.807, 2.05) is 7.05 Å². The molecule has 0 amide bonds. The normalized spacial score (nSPS) is 37.7. The molecule has 0 aromatic heterocycles. The lowest BCUT2D eigenvalue weighted by Gasteiger charge is -2.48. The number of rotatable bonds is 3. The zero-order chi connectivity index (χ0) is 13.2. The Labute approximate surface area is 112 Å². The molecule has 2 N–H and O–H groups in total. The number of nitrogens with one attached hydrogen (secondary N) is 1. The highest BCUT2D eigenvalue weighted by molar-refractivity contribution is 4.97. The van der Waals surface area contributed by atoms with Crippen LogP contribution in [0.1, 0.15) is 52.4 Å². The first kappa shape index (κ1) is 14.3. The van der Waals surface area contributed by atoms with E-state index in [4.69, 9.17) is 0 Å². The third kappa shape index (κ3) is 3.06. The van der Waals surface area contributed by atoms with Crippen LogP contribution in [0.3, 0.4) is 0 Å². The van der Waals surface area contributed by atoms with E-state index in [2.05, 4.69) is 24.1 Å². The molecular formula is C15H30N2O. The Morgan fingerprint density at radius 1 is 1.28 bits per heavy atom. The maximum Gasteiger partial charge on any atom is 0.0613 e. The van der Waals surface area contributed by atoms with E-state index in [-0.39, 0.29) is 12.1 Å². The Morgan fingerprint density at radius 3 is 2.67 bits per heavy atom. The first-order valence-electron chi connectivity index (χ1n) is 7.54. The van der Waals surface area contributed by atoms with Crippen molar-refractivity contribution in [3.63, 3.8) is 0 Å². The van der Waals surface area contributed by atoms with Gasteiger partial charge in [-0.05, 0) is 57.5 Å². The Bertz CT molecular complexity index is 274. The van der Waals surface area contributed by atoms with Gasteiger partial charge in [-0.2, -0.15) is 0 Å². The molecule has 0 aromatic rings. The van der Waals surface area contributed by atoms with Crippen molar-refractivity contribution in [2.24, 2.45) is 5.41 Å². The van der Waals surface area contributed by atoms with Gasteiger partial charge in [0, 0.05) is 18.1 Å². The molecule has 2 fully saturated rings. The van der Waals surface area contributed by atoms with Gasteiger partial charge in [0.25, 0.3) is 0 Å². The molecule has 2 aliphatic rings. The molecule has 1 heterocycles. The van der Waals surface area contributed by atoms with E-state index < -0.39 is 0 Å². The van der Waals surface area contributed by atoms with Gasteiger partial charge in [0.15, 0.2) is 0 Å². The van der Waals surface area contributed by atoms with Gasteiger partial charge in [0.2, 0.25) is 0 Å². The van der Waals surface area contributed by atoms with E-state index in [0.29, 0.717) is 11.5 Å². The predicted octanol–water partition coefficient (Wildman–Crippen LogP) is 2.00. The number of piperidine rings is 1. The van der Waals surface area contributed by atoms with Crippen molar-refractivity contribution in [1.29, 1.82) is 0 Å². The van der Waals surface area contributed by atoms with Crippen molar-refractivity contribution in [1.82, 2.24) is 10.2 Å². The van der Waals surface area contributed by atoms with Gasteiger partial charge in [-0.3, -0.25) is 4.90 Å². The standard InChI is InChI=1S/C15H30N2O/c1-14(2)7-5-9-17(11-14)13-6-4-8-15(10-13,12-18)16-3/h13,16,18H,4-12H2,1-3H3. The first-order chi connectivity index (χ1) is 8.50. The van der Waals surface area contributed by atoms with Crippen LogP contribution in [0.4, 0.5) is 0 Å². The van der Waals surface area contributed by atoms with Gasteiger partial charge in [-0.1, -0.05) is 13.8 Å². The zero-order valence-corrected chi connectivity index (χ0v) is 12.3. The lowest BCUT2D eigenvalue weighted by molar-refractivity contribution is 0.0232. The van der Waals surface area contributed by atoms with Crippen molar-refractivity contribution in [2.75, 3.05) is 26.7 Å². The van der Waals surface area contributed by atoms with Crippen LogP contribution in [-0.4, -0.2) is 48.3 Å². The van der Waals surface area contributed by atoms with E-state index in [1.54, 1.807) is 0 Å². The van der Waals surface area contributed by atoms with E-state index in [9.17, 15) is 5.11 Å². The lowest BCUT2D eigenvalue weighted by Crippen LogP contribution is -2.56. The molecule has 1 saturated carbocycles. The fraction of sp³-hybridized carbons (Fsp3) is 1.00. The van der Waals surface area contributed by atoms with Gasteiger partial charge in [0.05, 0.1) is 6.61 Å². The first-order valence-corrected chi connectivity index (χ1v) is 7.54. The fourth-order valence-corrected chi connectivity index (χ4v) is 3.87. The molecule has 1 saturated heterocycles. The minimum Gasteiger partial charge on any atom is -0.394 e. The van der Waals surface area contributed by atoms with Crippen LogP contribution < -0.4 is 5.32 Å². The lowest BCUT2D eigenvalue weighted by atomic mass is 9.76. The quantitative estimate of drug-likeness (QED) is 0.808. The number of nitrogens with zero attached hydrogens (tertiary/aromatic N) is 1. The minimum absolute atomic E-state index is 0.0233. The molecule has 1 aliphatic carbocycles. The summed E-state index contributed by atoms with van der Waals surface area (Å²) in [5.41, 5.74) is 0.446. The number of hydrogen-bond donors (Lipinski definition) is 2. The van der Waals surface area contributed by atoms with Crippen LogP contribution in [0.25, 0.3) is 0 Å². The van der Waals surface area contributed by atoms with E-state index >= 15 is 0 Å². The fourth-order valence-electron chi connectivity index (χ4n) is 3.87. The molecule has 0 bridgehead atoms. The highest BCUT2D eigenvalue weighted by Gasteiger charge is 2.39. The monoisotopic (exact) mass is 254 g/mol. The SMILES string of the molecule is CNC1(CO)CCCC(N2CCCC(C)(C)C2)C1. The molecule has 0 aromatic carbocycles. The summed E-state index contributed by atoms with van der Waals surface area (Å²) >= 11 is 0. The molecular weight excluding hydrogens is 224 g/mol. The van der Waals surface area contributed by atoms with Crippen LogP contribution in [0.2, 0.25) is 0 Å². The molecule has 18 heavy (non-hydrogen) atoms. The second kappa shape index (κ2) is 5.48. The van der Waals surface area contributed by atoms with E-state index in [0.717, 1.165) is 12.8 Å². The molecule has 3 heteroatoms. The largest absolute Gasteiger partial charge is 0.394 e. The van der Waals surface area contributed by atoms with Crippen molar-refractivity contribution in [3.8, 4) is 0 Å². The number of aliphatic hydroxyl groups excluding tert-OH is 1. The maximum atomic E-state index is 9.68. The Balaban J connectivity index is 2.00. The Hall–Kier alpha value is -0.120. The van der Waals surface area contributed by atoms with Crippen LogP contribution in [0.15, 0.2) is 0 Å². The van der Waals surface area contributed by atoms with Crippen molar-refractivity contribution < 1.29 is 5.11 Å². The van der Waals surface area contributed by atoms with Crippen molar-refractivity contribution in [3.05, 3.63) is 0 Å². The van der Waals surface area contributed by atoms with Crippen LogP contribution in [0.5, 0.6) is 0 Å². The van der Waals surface area contributed by atoms with Gasteiger partial charge < -0.3 is 10.4 Å². The molecule has 106 valence electrons. The summed E-state index contributed by atoms with van der Waals surface area (Å²) in [6.45, 7) is 7.53. The van der Waals surface area contributed by atoms with Crippen LogP contribution in [0, 0.1) is 5.41 Å². The Kier molecular flexibility index (Phi) is 4.35.